The lowest BCUT2D eigenvalue weighted by atomic mass is 10.3. The summed E-state index contributed by atoms with van der Waals surface area (Å²) in [5.41, 5.74) is 0. The largest absolute Gasteiger partial charge is 0.379 e. The predicted octanol–water partition coefficient (Wildman–Crippen LogP) is 3.04. The van der Waals surface area contributed by atoms with Crippen LogP contribution < -0.4 is 0 Å². The van der Waals surface area contributed by atoms with E-state index in [2.05, 4.69) is 13.8 Å². The summed E-state index contributed by atoms with van der Waals surface area (Å²) < 4.78 is 21.6. The van der Waals surface area contributed by atoms with Gasteiger partial charge in [0.05, 0.1) is 39.6 Å². The number of ether oxygens (including phenoxy) is 4. The maximum atomic E-state index is 5.43. The third kappa shape index (κ3) is 17.8. The highest BCUT2D eigenvalue weighted by molar-refractivity contribution is 4.38. The fourth-order valence-electron chi connectivity index (χ4n) is 1.46. The second kappa shape index (κ2) is 17.8. The first-order valence-electron chi connectivity index (χ1n) is 7.72. The summed E-state index contributed by atoms with van der Waals surface area (Å²) in [4.78, 5) is 0. The van der Waals surface area contributed by atoms with Gasteiger partial charge in [-0.05, 0) is 12.8 Å². The van der Waals surface area contributed by atoms with Crippen LogP contribution in [0.3, 0.4) is 0 Å². The average molecular weight is 276 g/mol. The molecule has 116 valence electrons. The first kappa shape index (κ1) is 18.8. The normalized spacial score (nSPS) is 11.1. The predicted molar refractivity (Wildman–Crippen MR) is 77.7 cm³/mol. The molecule has 4 nitrogen and oxygen atoms in total. The van der Waals surface area contributed by atoms with E-state index in [1.165, 1.54) is 19.3 Å². The Morgan fingerprint density at radius 2 is 0.789 bits per heavy atom. The Bertz CT molecular complexity index is 137. The highest BCUT2D eigenvalue weighted by Crippen LogP contribution is 1.93. The summed E-state index contributed by atoms with van der Waals surface area (Å²) in [6.45, 7) is 9.98. The molecule has 0 saturated carbocycles. The number of hydrogen-bond donors (Lipinski definition) is 0. The molecule has 0 aliphatic carbocycles. The van der Waals surface area contributed by atoms with Crippen LogP contribution in [-0.2, 0) is 18.9 Å². The monoisotopic (exact) mass is 276 g/mol. The zero-order valence-corrected chi connectivity index (χ0v) is 12.8. The molecule has 0 bridgehead atoms. The van der Waals surface area contributed by atoms with Crippen molar-refractivity contribution in [2.45, 2.75) is 46.0 Å². The summed E-state index contributed by atoms with van der Waals surface area (Å²) >= 11 is 0. The van der Waals surface area contributed by atoms with Gasteiger partial charge in [-0.15, -0.1) is 0 Å². The third-order valence-electron chi connectivity index (χ3n) is 2.65. The van der Waals surface area contributed by atoms with Crippen LogP contribution in [0.15, 0.2) is 0 Å². The highest BCUT2D eigenvalue weighted by Gasteiger charge is 1.92. The molecule has 0 amide bonds. The van der Waals surface area contributed by atoms with Crippen molar-refractivity contribution in [2.75, 3.05) is 52.9 Å². The van der Waals surface area contributed by atoms with E-state index in [-0.39, 0.29) is 0 Å². The summed E-state index contributed by atoms with van der Waals surface area (Å²) in [7, 11) is 0. The molecule has 0 radical (unpaired) electrons. The van der Waals surface area contributed by atoms with Crippen LogP contribution >= 0.6 is 0 Å². The maximum absolute atomic E-state index is 5.43. The molecule has 0 rings (SSSR count). The van der Waals surface area contributed by atoms with E-state index in [1.54, 1.807) is 0 Å². The lowest BCUT2D eigenvalue weighted by Gasteiger charge is -2.07. The first-order valence-corrected chi connectivity index (χ1v) is 7.72. The van der Waals surface area contributed by atoms with Gasteiger partial charge in [0, 0.05) is 13.2 Å². The summed E-state index contributed by atoms with van der Waals surface area (Å²) in [6, 6.07) is 0. The molecule has 0 saturated heterocycles. The molecule has 0 aliphatic heterocycles. The topological polar surface area (TPSA) is 36.9 Å². The zero-order valence-electron chi connectivity index (χ0n) is 12.8. The highest BCUT2D eigenvalue weighted by atomic mass is 16.6. The Labute approximate surface area is 118 Å². The fourth-order valence-corrected chi connectivity index (χ4v) is 1.46. The van der Waals surface area contributed by atoms with E-state index in [1.807, 2.05) is 0 Å². The Morgan fingerprint density at radius 3 is 1.21 bits per heavy atom. The van der Waals surface area contributed by atoms with Gasteiger partial charge in [0.2, 0.25) is 0 Å². The van der Waals surface area contributed by atoms with Crippen LogP contribution in [0.2, 0.25) is 0 Å². The van der Waals surface area contributed by atoms with Gasteiger partial charge in [-0.3, -0.25) is 0 Å². The second-order valence-corrected chi connectivity index (χ2v) is 4.51. The molecule has 0 aromatic heterocycles. The van der Waals surface area contributed by atoms with Crippen molar-refractivity contribution in [3.05, 3.63) is 0 Å². The number of hydrogen-bond acceptors (Lipinski definition) is 4. The minimum atomic E-state index is 0.632. The van der Waals surface area contributed by atoms with Crippen LogP contribution in [-0.4, -0.2) is 52.9 Å². The van der Waals surface area contributed by atoms with Gasteiger partial charge in [-0.1, -0.05) is 33.1 Å². The lowest BCUT2D eigenvalue weighted by molar-refractivity contribution is -0.00235. The van der Waals surface area contributed by atoms with E-state index >= 15 is 0 Å². The van der Waals surface area contributed by atoms with E-state index in [9.17, 15) is 0 Å². The molecule has 0 aromatic rings. The van der Waals surface area contributed by atoms with Gasteiger partial charge < -0.3 is 18.9 Å². The van der Waals surface area contributed by atoms with Crippen molar-refractivity contribution in [1.82, 2.24) is 0 Å². The average Bonchev–Trinajstić information content (AvgIpc) is 2.43. The minimum absolute atomic E-state index is 0.632. The second-order valence-electron chi connectivity index (χ2n) is 4.51. The van der Waals surface area contributed by atoms with E-state index < -0.39 is 0 Å². The van der Waals surface area contributed by atoms with Crippen LogP contribution in [0.4, 0.5) is 0 Å². The molecule has 19 heavy (non-hydrogen) atoms. The number of unbranched alkanes of at least 4 members (excludes halogenated alkanes) is 3. The summed E-state index contributed by atoms with van der Waals surface area (Å²) in [5, 5.41) is 0. The first-order chi connectivity index (χ1) is 9.41. The van der Waals surface area contributed by atoms with Crippen LogP contribution in [0.25, 0.3) is 0 Å². The van der Waals surface area contributed by atoms with Gasteiger partial charge in [-0.25, -0.2) is 0 Å². The molecule has 4 heteroatoms. The van der Waals surface area contributed by atoms with Crippen molar-refractivity contribution in [3.63, 3.8) is 0 Å². The van der Waals surface area contributed by atoms with Gasteiger partial charge in [0.15, 0.2) is 0 Å². The van der Waals surface area contributed by atoms with Crippen LogP contribution in [0.5, 0.6) is 0 Å². The zero-order chi connectivity index (χ0) is 14.0. The van der Waals surface area contributed by atoms with Crippen LogP contribution in [0, 0.1) is 0 Å². The molecule has 0 unspecified atom stereocenters. The molecular formula is C15H32O4. The van der Waals surface area contributed by atoms with E-state index in [0.717, 1.165) is 26.1 Å². The molecule has 0 fully saturated rings. The molecule has 0 N–H and O–H groups in total. The fraction of sp³-hybridized carbons (Fsp3) is 1.00. The van der Waals surface area contributed by atoms with Crippen molar-refractivity contribution >= 4 is 0 Å². The summed E-state index contributed by atoms with van der Waals surface area (Å²) in [5.74, 6) is 0. The maximum Gasteiger partial charge on any atom is 0.0701 e. The molecule has 0 aliphatic rings. The minimum Gasteiger partial charge on any atom is -0.379 e. The Hall–Kier alpha value is -0.160. The standard InChI is InChI=1S/C15H32O4/c1-3-5-7-9-17-11-13-19-15-14-18-12-10-16-8-6-4-2/h3-15H2,1-2H3. The van der Waals surface area contributed by atoms with Crippen LogP contribution in [0.1, 0.15) is 46.0 Å². The lowest BCUT2D eigenvalue weighted by Crippen LogP contribution is -2.12. The van der Waals surface area contributed by atoms with E-state index in [0.29, 0.717) is 39.6 Å². The molecule has 0 aromatic carbocycles. The van der Waals surface area contributed by atoms with E-state index in [4.69, 9.17) is 18.9 Å². The van der Waals surface area contributed by atoms with Crippen molar-refractivity contribution in [2.24, 2.45) is 0 Å². The van der Waals surface area contributed by atoms with Gasteiger partial charge in [-0.2, -0.15) is 0 Å². The summed E-state index contributed by atoms with van der Waals surface area (Å²) in [6.07, 6.45) is 5.93. The third-order valence-corrected chi connectivity index (χ3v) is 2.65. The molecule has 0 atom stereocenters. The Morgan fingerprint density at radius 1 is 0.421 bits per heavy atom. The van der Waals surface area contributed by atoms with Crippen molar-refractivity contribution in [3.8, 4) is 0 Å². The molecular weight excluding hydrogens is 244 g/mol. The SMILES string of the molecule is CCCCCOCCOCCOCCOCCCC. The molecule has 0 spiro atoms. The quantitative estimate of drug-likeness (QED) is 0.406. The smallest absolute Gasteiger partial charge is 0.0701 e. The van der Waals surface area contributed by atoms with Gasteiger partial charge in [0.1, 0.15) is 0 Å². The number of rotatable bonds is 16. The Balaban J connectivity index is 2.88. The Kier molecular flexibility index (Phi) is 17.7. The van der Waals surface area contributed by atoms with Gasteiger partial charge >= 0.3 is 0 Å². The van der Waals surface area contributed by atoms with Gasteiger partial charge in [0.25, 0.3) is 0 Å². The molecule has 0 heterocycles. The van der Waals surface area contributed by atoms with Crippen molar-refractivity contribution in [1.29, 1.82) is 0 Å². The van der Waals surface area contributed by atoms with Crippen molar-refractivity contribution < 1.29 is 18.9 Å².